The molecule has 0 spiro atoms. The van der Waals surface area contributed by atoms with Gasteiger partial charge in [0.2, 0.25) is 0 Å². The number of nitrogens with zero attached hydrogens (tertiary/aromatic N) is 1. The number of alkyl halides is 3. The fourth-order valence-electron chi connectivity index (χ4n) is 2.29. The molecule has 1 aliphatic rings. The third kappa shape index (κ3) is 7.48. The molecule has 2 nitrogen and oxygen atoms in total. The summed E-state index contributed by atoms with van der Waals surface area (Å²) in [4.78, 5) is 2.15. The number of piperidine rings is 1. The number of halogens is 3. The molecule has 1 N–H and O–H groups in total. The van der Waals surface area contributed by atoms with Gasteiger partial charge in [0, 0.05) is 24.9 Å². The molecular formula is C12H23F3N2S. The average molecular weight is 284 g/mol. The largest absolute Gasteiger partial charge is 0.441 e. The fraction of sp³-hybridized carbons (Fsp3) is 1.00. The van der Waals surface area contributed by atoms with Crippen molar-refractivity contribution in [2.75, 3.05) is 31.9 Å². The fourth-order valence-corrected chi connectivity index (χ4v) is 2.87. The zero-order valence-electron chi connectivity index (χ0n) is 10.9. The highest BCUT2D eigenvalue weighted by Gasteiger charge is 2.28. The zero-order valence-corrected chi connectivity index (χ0v) is 11.7. The molecule has 0 saturated carbocycles. The number of thioether (sulfide) groups is 1. The molecule has 0 aromatic carbocycles. The van der Waals surface area contributed by atoms with Crippen molar-refractivity contribution in [3.8, 4) is 0 Å². The first kappa shape index (κ1) is 16.1. The Morgan fingerprint density at radius 3 is 2.61 bits per heavy atom. The van der Waals surface area contributed by atoms with Crippen molar-refractivity contribution < 1.29 is 13.2 Å². The lowest BCUT2D eigenvalue weighted by Gasteiger charge is -2.30. The van der Waals surface area contributed by atoms with Crippen LogP contribution in [0.3, 0.4) is 0 Å². The first-order chi connectivity index (χ1) is 8.51. The SMILES string of the molecule is CCCN(CCSC(F)(F)F)CC1CCCCN1. The van der Waals surface area contributed by atoms with E-state index in [0.29, 0.717) is 12.6 Å². The van der Waals surface area contributed by atoms with Gasteiger partial charge < -0.3 is 10.2 Å². The summed E-state index contributed by atoms with van der Waals surface area (Å²) in [6.45, 7) is 5.40. The number of hydrogen-bond acceptors (Lipinski definition) is 3. The van der Waals surface area contributed by atoms with Gasteiger partial charge in [0.1, 0.15) is 0 Å². The maximum Gasteiger partial charge on any atom is 0.441 e. The Hall–Kier alpha value is 0.0600. The summed E-state index contributed by atoms with van der Waals surface area (Å²) in [7, 11) is 0. The van der Waals surface area contributed by atoms with Crippen LogP contribution in [0, 0.1) is 0 Å². The Kier molecular flexibility index (Phi) is 7.41. The summed E-state index contributed by atoms with van der Waals surface area (Å²) >= 11 is 0.0877. The molecule has 108 valence electrons. The smallest absolute Gasteiger partial charge is 0.313 e. The van der Waals surface area contributed by atoms with Crippen LogP contribution in [-0.2, 0) is 0 Å². The lowest BCUT2D eigenvalue weighted by atomic mass is 10.0. The van der Waals surface area contributed by atoms with Crippen LogP contribution < -0.4 is 5.32 Å². The molecule has 0 aromatic rings. The van der Waals surface area contributed by atoms with E-state index in [4.69, 9.17) is 0 Å². The number of rotatable bonds is 7. The third-order valence-corrected chi connectivity index (χ3v) is 3.82. The molecule has 1 rings (SSSR count). The topological polar surface area (TPSA) is 15.3 Å². The quantitative estimate of drug-likeness (QED) is 0.773. The molecule has 18 heavy (non-hydrogen) atoms. The van der Waals surface area contributed by atoms with Gasteiger partial charge in [-0.25, -0.2) is 0 Å². The van der Waals surface area contributed by atoms with Crippen LogP contribution >= 0.6 is 11.8 Å². The van der Waals surface area contributed by atoms with Crippen LogP contribution in [0.5, 0.6) is 0 Å². The highest BCUT2D eigenvalue weighted by atomic mass is 32.2. The first-order valence-corrected chi connectivity index (χ1v) is 7.66. The van der Waals surface area contributed by atoms with Gasteiger partial charge >= 0.3 is 5.51 Å². The van der Waals surface area contributed by atoms with E-state index in [1.807, 2.05) is 0 Å². The molecule has 1 fully saturated rings. The van der Waals surface area contributed by atoms with Gasteiger partial charge in [-0.15, -0.1) is 0 Å². The molecule has 0 aliphatic carbocycles. The molecule has 1 heterocycles. The normalized spacial score (nSPS) is 21.5. The lowest BCUT2D eigenvalue weighted by Crippen LogP contribution is -2.44. The minimum Gasteiger partial charge on any atom is -0.313 e. The number of nitrogens with one attached hydrogen (secondary N) is 1. The van der Waals surface area contributed by atoms with Gasteiger partial charge in [-0.05, 0) is 44.1 Å². The monoisotopic (exact) mass is 284 g/mol. The second-order valence-corrected chi connectivity index (χ2v) is 5.90. The van der Waals surface area contributed by atoms with Gasteiger partial charge in [-0.3, -0.25) is 0 Å². The van der Waals surface area contributed by atoms with Crippen molar-refractivity contribution in [3.63, 3.8) is 0 Å². The second kappa shape index (κ2) is 8.27. The Morgan fingerprint density at radius 1 is 1.28 bits per heavy atom. The van der Waals surface area contributed by atoms with E-state index in [0.717, 1.165) is 32.5 Å². The van der Waals surface area contributed by atoms with Gasteiger partial charge in [-0.1, -0.05) is 13.3 Å². The van der Waals surface area contributed by atoms with E-state index in [-0.39, 0.29) is 17.5 Å². The van der Waals surface area contributed by atoms with Crippen molar-refractivity contribution in [3.05, 3.63) is 0 Å². The first-order valence-electron chi connectivity index (χ1n) is 6.67. The maximum absolute atomic E-state index is 12.1. The molecule has 0 radical (unpaired) electrons. The van der Waals surface area contributed by atoms with Crippen LogP contribution in [0.4, 0.5) is 13.2 Å². The summed E-state index contributed by atoms with van der Waals surface area (Å²) in [5.74, 6) is 0.135. The molecule has 1 unspecified atom stereocenters. The molecule has 1 aliphatic heterocycles. The van der Waals surface area contributed by atoms with Crippen molar-refractivity contribution in [2.45, 2.75) is 44.2 Å². The van der Waals surface area contributed by atoms with Crippen molar-refractivity contribution in [1.82, 2.24) is 10.2 Å². The van der Waals surface area contributed by atoms with Crippen molar-refractivity contribution >= 4 is 11.8 Å². The highest BCUT2D eigenvalue weighted by molar-refractivity contribution is 8.00. The van der Waals surface area contributed by atoms with E-state index < -0.39 is 5.51 Å². The van der Waals surface area contributed by atoms with E-state index in [1.165, 1.54) is 12.8 Å². The van der Waals surface area contributed by atoms with Gasteiger partial charge in [0.25, 0.3) is 0 Å². The molecule has 0 bridgehead atoms. The maximum atomic E-state index is 12.1. The summed E-state index contributed by atoms with van der Waals surface area (Å²) in [5, 5.41) is 3.44. The molecular weight excluding hydrogens is 261 g/mol. The molecule has 0 aromatic heterocycles. The molecule has 0 amide bonds. The van der Waals surface area contributed by atoms with Crippen molar-refractivity contribution in [2.24, 2.45) is 0 Å². The minimum absolute atomic E-state index is 0.0877. The van der Waals surface area contributed by atoms with Crippen molar-refractivity contribution in [1.29, 1.82) is 0 Å². The number of hydrogen-bond donors (Lipinski definition) is 1. The van der Waals surface area contributed by atoms with Crippen LogP contribution in [0.15, 0.2) is 0 Å². The Morgan fingerprint density at radius 2 is 2.06 bits per heavy atom. The summed E-state index contributed by atoms with van der Waals surface area (Å²) in [6.07, 6.45) is 4.58. The van der Waals surface area contributed by atoms with Crippen LogP contribution in [0.25, 0.3) is 0 Å². The predicted octanol–water partition coefficient (Wildman–Crippen LogP) is 3.09. The second-order valence-electron chi connectivity index (χ2n) is 4.74. The van der Waals surface area contributed by atoms with Gasteiger partial charge in [0.15, 0.2) is 0 Å². The van der Waals surface area contributed by atoms with E-state index in [2.05, 4.69) is 17.1 Å². The van der Waals surface area contributed by atoms with Crippen LogP contribution in [0.2, 0.25) is 0 Å². The summed E-state index contributed by atoms with van der Waals surface area (Å²) in [5.41, 5.74) is -4.10. The molecule has 6 heteroatoms. The standard InChI is InChI=1S/C12H23F3N2S/c1-2-7-17(8-9-18-12(13,14)15)10-11-5-3-4-6-16-11/h11,16H,2-10H2,1H3. The summed E-state index contributed by atoms with van der Waals surface area (Å²) < 4.78 is 36.2. The van der Waals surface area contributed by atoms with Crippen LogP contribution in [-0.4, -0.2) is 48.4 Å². The third-order valence-electron chi connectivity index (χ3n) is 3.10. The summed E-state index contributed by atoms with van der Waals surface area (Å²) in [6, 6.07) is 0.459. The molecule has 1 atom stereocenters. The Labute approximate surface area is 112 Å². The highest BCUT2D eigenvalue weighted by Crippen LogP contribution is 2.29. The van der Waals surface area contributed by atoms with Gasteiger partial charge in [0.05, 0.1) is 0 Å². The van der Waals surface area contributed by atoms with E-state index in [9.17, 15) is 13.2 Å². The Bertz CT molecular complexity index is 218. The van der Waals surface area contributed by atoms with E-state index >= 15 is 0 Å². The zero-order chi connectivity index (χ0) is 13.4. The lowest BCUT2D eigenvalue weighted by molar-refractivity contribution is -0.0328. The van der Waals surface area contributed by atoms with Gasteiger partial charge in [-0.2, -0.15) is 13.2 Å². The Balaban J connectivity index is 2.25. The van der Waals surface area contributed by atoms with E-state index in [1.54, 1.807) is 0 Å². The molecule has 1 saturated heterocycles. The average Bonchev–Trinajstić information content (AvgIpc) is 2.29. The van der Waals surface area contributed by atoms with Crippen LogP contribution in [0.1, 0.15) is 32.6 Å². The minimum atomic E-state index is -4.10. The predicted molar refractivity (Wildman–Crippen MR) is 70.9 cm³/mol.